The van der Waals surface area contributed by atoms with Crippen molar-refractivity contribution in [2.45, 2.75) is 51.7 Å². The first-order chi connectivity index (χ1) is 13.7. The highest BCUT2D eigenvalue weighted by atomic mass is 127. The van der Waals surface area contributed by atoms with Gasteiger partial charge in [-0.3, -0.25) is 4.99 Å². The number of benzene rings is 1. The van der Waals surface area contributed by atoms with Crippen LogP contribution >= 0.6 is 24.0 Å². The molecule has 1 atom stereocenters. The molecule has 1 aliphatic rings. The van der Waals surface area contributed by atoms with Gasteiger partial charge in [0.25, 0.3) is 0 Å². The van der Waals surface area contributed by atoms with E-state index in [4.69, 9.17) is 0 Å². The van der Waals surface area contributed by atoms with E-state index in [-0.39, 0.29) is 24.0 Å². The molecule has 3 rings (SSSR count). The van der Waals surface area contributed by atoms with Gasteiger partial charge in [-0.2, -0.15) is 0 Å². The molecule has 0 bridgehead atoms. The maximum Gasteiger partial charge on any atom is 0.191 e. The lowest BCUT2D eigenvalue weighted by Gasteiger charge is -2.33. The summed E-state index contributed by atoms with van der Waals surface area (Å²) in [5.74, 6) is 0.867. The average molecular weight is 510 g/mol. The number of aromatic nitrogens is 2. The second kappa shape index (κ2) is 12.8. The fourth-order valence-corrected chi connectivity index (χ4v) is 3.81. The van der Waals surface area contributed by atoms with Crippen LogP contribution in [0.2, 0.25) is 0 Å². The molecule has 2 heterocycles. The van der Waals surface area contributed by atoms with Crippen LogP contribution in [0.4, 0.5) is 0 Å². The maximum atomic E-state index is 4.35. The van der Waals surface area contributed by atoms with E-state index in [1.165, 1.54) is 43.5 Å². The summed E-state index contributed by atoms with van der Waals surface area (Å²) in [6.45, 7) is 7.33. The summed E-state index contributed by atoms with van der Waals surface area (Å²) in [7, 11) is 1.83. The highest BCUT2D eigenvalue weighted by Crippen LogP contribution is 2.16. The van der Waals surface area contributed by atoms with Gasteiger partial charge in [0.1, 0.15) is 0 Å². The fourth-order valence-electron chi connectivity index (χ4n) is 3.81. The lowest BCUT2D eigenvalue weighted by atomic mass is 10.0. The molecule has 1 saturated heterocycles. The van der Waals surface area contributed by atoms with Gasteiger partial charge >= 0.3 is 0 Å². The normalized spacial score (nSPS) is 17.6. The smallest absolute Gasteiger partial charge is 0.191 e. The number of nitrogens with zero attached hydrogens (tertiary/aromatic N) is 4. The predicted molar refractivity (Wildman–Crippen MR) is 131 cm³/mol. The average Bonchev–Trinajstić information content (AvgIpc) is 3.22. The zero-order valence-electron chi connectivity index (χ0n) is 17.7. The molecule has 160 valence electrons. The number of hydrogen-bond donors (Lipinski definition) is 2. The Hall–Kier alpha value is -1.61. The molecular formula is C22H35IN6. The van der Waals surface area contributed by atoms with Crippen molar-refractivity contribution in [3.8, 4) is 0 Å². The summed E-state index contributed by atoms with van der Waals surface area (Å²) in [6, 6.07) is 9.38. The highest BCUT2D eigenvalue weighted by molar-refractivity contribution is 14.0. The Morgan fingerprint density at radius 2 is 2.10 bits per heavy atom. The van der Waals surface area contributed by atoms with Gasteiger partial charge in [0, 0.05) is 51.7 Å². The Morgan fingerprint density at radius 3 is 2.86 bits per heavy atom. The fraction of sp³-hybridized carbons (Fsp3) is 0.545. The van der Waals surface area contributed by atoms with Crippen LogP contribution in [0.25, 0.3) is 0 Å². The van der Waals surface area contributed by atoms with Gasteiger partial charge in [-0.1, -0.05) is 30.7 Å². The monoisotopic (exact) mass is 510 g/mol. The zero-order valence-corrected chi connectivity index (χ0v) is 20.0. The number of rotatable bonds is 8. The summed E-state index contributed by atoms with van der Waals surface area (Å²) < 4.78 is 2.08. The van der Waals surface area contributed by atoms with Crippen molar-refractivity contribution in [3.05, 3.63) is 54.1 Å². The van der Waals surface area contributed by atoms with Crippen LogP contribution in [0.1, 0.15) is 43.7 Å². The predicted octanol–water partition coefficient (Wildman–Crippen LogP) is 3.48. The van der Waals surface area contributed by atoms with E-state index in [0.717, 1.165) is 38.1 Å². The quantitative estimate of drug-likeness (QED) is 0.247. The first-order valence-electron chi connectivity index (χ1n) is 10.5. The maximum absolute atomic E-state index is 4.35. The molecule has 1 aliphatic heterocycles. The van der Waals surface area contributed by atoms with E-state index < -0.39 is 0 Å². The molecule has 1 fully saturated rings. The molecule has 1 aromatic heterocycles. The molecule has 0 saturated carbocycles. The minimum Gasteiger partial charge on any atom is -0.356 e. The molecule has 29 heavy (non-hydrogen) atoms. The first kappa shape index (κ1) is 23.7. The number of aliphatic imine (C=N–C) groups is 1. The Morgan fingerprint density at radius 1 is 1.24 bits per heavy atom. The molecule has 0 amide bonds. The van der Waals surface area contributed by atoms with Gasteiger partial charge in [0.05, 0.1) is 6.33 Å². The molecule has 2 N–H and O–H groups in total. The number of nitrogens with one attached hydrogen (secondary N) is 2. The summed E-state index contributed by atoms with van der Waals surface area (Å²) >= 11 is 0. The topological polar surface area (TPSA) is 57.5 Å². The van der Waals surface area contributed by atoms with Crippen molar-refractivity contribution in [3.63, 3.8) is 0 Å². The second-order valence-electron chi connectivity index (χ2n) is 7.64. The van der Waals surface area contributed by atoms with Crippen LogP contribution in [-0.4, -0.2) is 53.1 Å². The summed E-state index contributed by atoms with van der Waals surface area (Å²) in [5.41, 5.74) is 2.53. The standard InChI is InChI=1S/C22H34N6.HI/c1-19-7-3-4-12-28(19)13-6-10-25-22(23-2)26-16-20-8-5-9-21(15-20)17-27-14-11-24-18-27;/h5,8-9,11,14-15,18-19H,3-4,6-7,10,12-13,16-17H2,1-2H3,(H2,23,25,26);1H. The van der Waals surface area contributed by atoms with Gasteiger partial charge in [0.2, 0.25) is 0 Å². The third-order valence-corrected chi connectivity index (χ3v) is 5.45. The molecule has 0 aliphatic carbocycles. The molecule has 6 nitrogen and oxygen atoms in total. The summed E-state index contributed by atoms with van der Waals surface area (Å²) in [5, 5.41) is 6.87. The number of likely N-dealkylation sites (tertiary alicyclic amines) is 1. The molecule has 0 spiro atoms. The van der Waals surface area contributed by atoms with E-state index in [9.17, 15) is 0 Å². The van der Waals surface area contributed by atoms with Crippen molar-refractivity contribution in [2.24, 2.45) is 4.99 Å². The van der Waals surface area contributed by atoms with Crippen molar-refractivity contribution in [1.29, 1.82) is 0 Å². The number of imidazole rings is 1. The van der Waals surface area contributed by atoms with E-state index in [2.05, 4.69) is 61.3 Å². The molecule has 1 aromatic carbocycles. The molecule has 1 unspecified atom stereocenters. The van der Waals surface area contributed by atoms with Crippen LogP contribution < -0.4 is 10.6 Å². The van der Waals surface area contributed by atoms with Gasteiger partial charge in [-0.05, 0) is 43.9 Å². The Kier molecular flexibility index (Phi) is 10.5. The van der Waals surface area contributed by atoms with Gasteiger partial charge < -0.3 is 20.1 Å². The van der Waals surface area contributed by atoms with Crippen LogP contribution in [-0.2, 0) is 13.1 Å². The van der Waals surface area contributed by atoms with Crippen molar-refractivity contribution >= 4 is 29.9 Å². The number of piperidine rings is 1. The number of guanidine groups is 1. The third-order valence-electron chi connectivity index (χ3n) is 5.45. The van der Waals surface area contributed by atoms with E-state index in [1.54, 1.807) is 0 Å². The molecule has 2 aromatic rings. The number of hydrogen-bond acceptors (Lipinski definition) is 3. The van der Waals surface area contributed by atoms with E-state index >= 15 is 0 Å². The Labute approximate surface area is 192 Å². The van der Waals surface area contributed by atoms with Crippen LogP contribution in [0.5, 0.6) is 0 Å². The summed E-state index contributed by atoms with van der Waals surface area (Å²) in [6.07, 6.45) is 10.9. The molecule has 7 heteroatoms. The number of halogens is 1. The lowest BCUT2D eigenvalue weighted by molar-refractivity contribution is 0.159. The minimum atomic E-state index is 0. The Bertz CT molecular complexity index is 731. The van der Waals surface area contributed by atoms with Crippen LogP contribution in [0.3, 0.4) is 0 Å². The van der Waals surface area contributed by atoms with E-state index in [0.29, 0.717) is 0 Å². The van der Waals surface area contributed by atoms with Gasteiger partial charge in [-0.25, -0.2) is 4.98 Å². The van der Waals surface area contributed by atoms with Crippen molar-refractivity contribution in [2.75, 3.05) is 26.7 Å². The largest absolute Gasteiger partial charge is 0.356 e. The zero-order chi connectivity index (χ0) is 19.6. The summed E-state index contributed by atoms with van der Waals surface area (Å²) in [4.78, 5) is 11.1. The first-order valence-corrected chi connectivity index (χ1v) is 10.5. The van der Waals surface area contributed by atoms with Gasteiger partial charge in [0.15, 0.2) is 5.96 Å². The lowest BCUT2D eigenvalue weighted by Crippen LogP contribution is -2.41. The van der Waals surface area contributed by atoms with Crippen molar-refractivity contribution in [1.82, 2.24) is 25.1 Å². The van der Waals surface area contributed by atoms with Gasteiger partial charge in [-0.15, -0.1) is 24.0 Å². The van der Waals surface area contributed by atoms with Crippen LogP contribution in [0.15, 0.2) is 48.0 Å². The van der Waals surface area contributed by atoms with Crippen LogP contribution in [0, 0.1) is 0 Å². The Balaban J connectivity index is 0.00000300. The molecule has 0 radical (unpaired) electrons. The third kappa shape index (κ3) is 7.97. The van der Waals surface area contributed by atoms with E-state index in [1.807, 2.05) is 25.8 Å². The minimum absolute atomic E-state index is 0. The van der Waals surface area contributed by atoms with Crippen molar-refractivity contribution < 1.29 is 0 Å². The SMILES string of the molecule is CN=C(NCCCN1CCCCC1C)NCc1cccc(Cn2ccnc2)c1.I. The molecular weight excluding hydrogens is 475 g/mol. The second-order valence-corrected chi connectivity index (χ2v) is 7.64. The highest BCUT2D eigenvalue weighted by Gasteiger charge is 2.17.